The molecule has 0 unspecified atom stereocenters. The van der Waals surface area contributed by atoms with E-state index in [-0.39, 0.29) is 0 Å². The summed E-state index contributed by atoms with van der Waals surface area (Å²) in [6.45, 7) is 3.18. The average molecular weight is 232 g/mol. The average Bonchev–Trinajstić information content (AvgIpc) is 2.83. The lowest BCUT2D eigenvalue weighted by Crippen LogP contribution is -2.21. The van der Waals surface area contributed by atoms with Crippen LogP contribution in [-0.2, 0) is 6.42 Å². The Morgan fingerprint density at radius 3 is 3.06 bits per heavy atom. The van der Waals surface area contributed by atoms with Gasteiger partial charge in [-0.2, -0.15) is 11.3 Å². The van der Waals surface area contributed by atoms with Crippen molar-refractivity contribution < 1.29 is 0 Å². The Morgan fingerprint density at radius 1 is 1.44 bits per heavy atom. The Morgan fingerprint density at radius 2 is 2.38 bits per heavy atom. The SMILES string of the molecule is C[C@H](NCCc1ccsc1)c1cccnc1. The standard InChI is InChI=1S/C13H16N2S/c1-11(13-3-2-6-14-9-13)15-7-4-12-5-8-16-10-12/h2-3,5-6,8-11,15H,4,7H2,1H3/t11-/m0/s1. The van der Waals surface area contributed by atoms with Gasteiger partial charge in [-0.25, -0.2) is 0 Å². The van der Waals surface area contributed by atoms with Gasteiger partial charge in [0.2, 0.25) is 0 Å². The van der Waals surface area contributed by atoms with E-state index in [9.17, 15) is 0 Å². The van der Waals surface area contributed by atoms with Crippen LogP contribution in [0.2, 0.25) is 0 Å². The number of thiophene rings is 1. The third kappa shape index (κ3) is 3.15. The first-order valence-electron chi connectivity index (χ1n) is 5.50. The second kappa shape index (κ2) is 5.77. The number of aromatic nitrogens is 1. The number of nitrogens with one attached hydrogen (secondary N) is 1. The molecule has 0 amide bonds. The van der Waals surface area contributed by atoms with Crippen LogP contribution in [0.25, 0.3) is 0 Å². The maximum absolute atomic E-state index is 4.13. The maximum Gasteiger partial charge on any atom is 0.0315 e. The topological polar surface area (TPSA) is 24.9 Å². The zero-order chi connectivity index (χ0) is 11.2. The van der Waals surface area contributed by atoms with E-state index in [1.165, 1.54) is 11.1 Å². The van der Waals surface area contributed by atoms with Gasteiger partial charge in [-0.1, -0.05) is 6.07 Å². The fraction of sp³-hybridized carbons (Fsp3) is 0.308. The van der Waals surface area contributed by atoms with Crippen LogP contribution < -0.4 is 5.32 Å². The molecule has 0 spiro atoms. The number of pyridine rings is 1. The smallest absolute Gasteiger partial charge is 0.0315 e. The molecule has 0 aliphatic carbocycles. The van der Waals surface area contributed by atoms with Crippen molar-refractivity contribution in [1.82, 2.24) is 10.3 Å². The van der Waals surface area contributed by atoms with Gasteiger partial charge in [0.1, 0.15) is 0 Å². The highest BCUT2D eigenvalue weighted by Crippen LogP contribution is 2.10. The molecule has 2 rings (SSSR count). The van der Waals surface area contributed by atoms with Crippen LogP contribution in [0.3, 0.4) is 0 Å². The lowest BCUT2D eigenvalue weighted by atomic mass is 10.1. The largest absolute Gasteiger partial charge is 0.310 e. The number of nitrogens with zero attached hydrogens (tertiary/aromatic N) is 1. The Bertz CT molecular complexity index is 397. The predicted octanol–water partition coefficient (Wildman–Crippen LogP) is 3.04. The fourth-order valence-corrected chi connectivity index (χ4v) is 2.32. The minimum Gasteiger partial charge on any atom is -0.310 e. The Hall–Kier alpha value is -1.19. The van der Waals surface area contributed by atoms with E-state index in [0.29, 0.717) is 6.04 Å². The Balaban J connectivity index is 1.78. The van der Waals surface area contributed by atoms with E-state index in [2.05, 4.69) is 40.1 Å². The molecule has 0 saturated heterocycles. The molecule has 1 atom stereocenters. The monoisotopic (exact) mass is 232 g/mol. The Kier molecular flexibility index (Phi) is 4.08. The Labute approximate surface area is 100 Å². The molecule has 0 aromatic carbocycles. The first-order valence-corrected chi connectivity index (χ1v) is 6.45. The first-order chi connectivity index (χ1) is 7.86. The zero-order valence-electron chi connectivity index (χ0n) is 9.39. The van der Waals surface area contributed by atoms with E-state index in [0.717, 1.165) is 13.0 Å². The van der Waals surface area contributed by atoms with Gasteiger partial charge in [0.05, 0.1) is 0 Å². The van der Waals surface area contributed by atoms with Gasteiger partial charge in [0, 0.05) is 18.4 Å². The third-order valence-electron chi connectivity index (χ3n) is 2.63. The van der Waals surface area contributed by atoms with E-state index >= 15 is 0 Å². The molecule has 2 nitrogen and oxygen atoms in total. The van der Waals surface area contributed by atoms with Crippen molar-refractivity contribution >= 4 is 11.3 Å². The third-order valence-corrected chi connectivity index (χ3v) is 3.36. The van der Waals surface area contributed by atoms with Gasteiger partial charge in [-0.15, -0.1) is 0 Å². The van der Waals surface area contributed by atoms with Crippen LogP contribution in [0.5, 0.6) is 0 Å². The van der Waals surface area contributed by atoms with Crippen molar-refractivity contribution in [3.05, 3.63) is 52.5 Å². The molecule has 3 heteroatoms. The molecule has 0 aliphatic heterocycles. The lowest BCUT2D eigenvalue weighted by Gasteiger charge is -2.13. The summed E-state index contributed by atoms with van der Waals surface area (Å²) in [7, 11) is 0. The fourth-order valence-electron chi connectivity index (χ4n) is 1.62. The molecule has 1 N–H and O–H groups in total. The molecule has 2 heterocycles. The summed E-state index contributed by atoms with van der Waals surface area (Å²) in [5.41, 5.74) is 2.66. The molecule has 2 aromatic rings. The summed E-state index contributed by atoms with van der Waals surface area (Å²) in [6.07, 6.45) is 4.82. The highest BCUT2D eigenvalue weighted by Gasteiger charge is 2.03. The van der Waals surface area contributed by atoms with E-state index in [4.69, 9.17) is 0 Å². The molecule has 84 valence electrons. The molecular formula is C13H16N2S. The number of rotatable bonds is 5. The van der Waals surface area contributed by atoms with Gasteiger partial charge >= 0.3 is 0 Å². The molecule has 0 fully saturated rings. The van der Waals surface area contributed by atoms with Crippen molar-refractivity contribution in [1.29, 1.82) is 0 Å². The normalized spacial score (nSPS) is 12.6. The van der Waals surface area contributed by atoms with Crippen LogP contribution in [0.1, 0.15) is 24.1 Å². The first kappa shape index (κ1) is 11.3. The van der Waals surface area contributed by atoms with Gasteiger partial charge in [-0.05, 0) is 53.9 Å². The van der Waals surface area contributed by atoms with E-state index in [1.54, 1.807) is 11.3 Å². The highest BCUT2D eigenvalue weighted by molar-refractivity contribution is 7.07. The minimum absolute atomic E-state index is 0.368. The molecule has 0 aliphatic rings. The van der Waals surface area contributed by atoms with Crippen molar-refractivity contribution in [3.8, 4) is 0 Å². The molecular weight excluding hydrogens is 216 g/mol. The number of hydrogen-bond acceptors (Lipinski definition) is 3. The molecule has 2 aromatic heterocycles. The number of hydrogen-bond donors (Lipinski definition) is 1. The quantitative estimate of drug-likeness (QED) is 0.857. The predicted molar refractivity (Wildman–Crippen MR) is 68.7 cm³/mol. The van der Waals surface area contributed by atoms with Crippen LogP contribution in [0, 0.1) is 0 Å². The summed E-state index contributed by atoms with van der Waals surface area (Å²) in [4.78, 5) is 4.13. The summed E-state index contributed by atoms with van der Waals surface area (Å²) in [5, 5.41) is 7.83. The van der Waals surface area contributed by atoms with Crippen LogP contribution in [0.15, 0.2) is 41.4 Å². The summed E-state index contributed by atoms with van der Waals surface area (Å²) in [5.74, 6) is 0. The van der Waals surface area contributed by atoms with E-state index in [1.807, 2.05) is 18.5 Å². The highest BCUT2D eigenvalue weighted by atomic mass is 32.1. The van der Waals surface area contributed by atoms with Gasteiger partial charge < -0.3 is 5.32 Å². The summed E-state index contributed by atoms with van der Waals surface area (Å²) in [6, 6.07) is 6.63. The van der Waals surface area contributed by atoms with Crippen LogP contribution in [-0.4, -0.2) is 11.5 Å². The molecule has 16 heavy (non-hydrogen) atoms. The second-order valence-corrected chi connectivity index (χ2v) is 4.62. The van der Waals surface area contributed by atoms with Crippen molar-refractivity contribution in [2.75, 3.05) is 6.54 Å². The minimum atomic E-state index is 0.368. The van der Waals surface area contributed by atoms with Gasteiger partial charge in [0.25, 0.3) is 0 Å². The zero-order valence-corrected chi connectivity index (χ0v) is 10.2. The molecule has 0 bridgehead atoms. The van der Waals surface area contributed by atoms with Gasteiger partial charge in [-0.3, -0.25) is 4.98 Å². The van der Waals surface area contributed by atoms with Crippen molar-refractivity contribution in [2.24, 2.45) is 0 Å². The van der Waals surface area contributed by atoms with Crippen molar-refractivity contribution in [2.45, 2.75) is 19.4 Å². The maximum atomic E-state index is 4.13. The summed E-state index contributed by atoms with van der Waals surface area (Å²) < 4.78 is 0. The van der Waals surface area contributed by atoms with Crippen LogP contribution >= 0.6 is 11.3 Å². The second-order valence-electron chi connectivity index (χ2n) is 3.84. The van der Waals surface area contributed by atoms with Crippen molar-refractivity contribution in [3.63, 3.8) is 0 Å². The van der Waals surface area contributed by atoms with Crippen LogP contribution in [0.4, 0.5) is 0 Å². The lowest BCUT2D eigenvalue weighted by molar-refractivity contribution is 0.575. The molecule has 0 saturated carbocycles. The van der Waals surface area contributed by atoms with Gasteiger partial charge in [0.15, 0.2) is 0 Å². The molecule has 0 radical (unpaired) electrons. The van der Waals surface area contributed by atoms with E-state index < -0.39 is 0 Å². The summed E-state index contributed by atoms with van der Waals surface area (Å²) >= 11 is 1.76.